The monoisotopic (exact) mass is 446 g/mol. The molecule has 0 spiro atoms. The zero-order valence-corrected chi connectivity index (χ0v) is 16.7. The van der Waals surface area contributed by atoms with Gasteiger partial charge in [-0.05, 0) is 43.2 Å². The maximum atomic E-state index is 13.4. The zero-order valence-electron chi connectivity index (χ0n) is 15.9. The lowest BCUT2D eigenvalue weighted by molar-refractivity contribution is -0.272. The van der Waals surface area contributed by atoms with Crippen LogP contribution >= 0.6 is 0 Å². The Kier molecular flexibility index (Phi) is 6.25. The number of carbonyl (C=O) groups excluding carboxylic acids is 1. The number of furan rings is 1. The van der Waals surface area contributed by atoms with Gasteiger partial charge in [-0.3, -0.25) is 4.79 Å². The van der Waals surface area contributed by atoms with Gasteiger partial charge < -0.3 is 14.8 Å². The molecule has 0 radical (unpaired) electrons. The molecule has 1 aliphatic heterocycles. The Hall–Kier alpha value is -2.37. The first-order chi connectivity index (χ1) is 14.0. The van der Waals surface area contributed by atoms with E-state index < -0.39 is 39.9 Å². The van der Waals surface area contributed by atoms with Gasteiger partial charge >= 0.3 is 6.18 Å². The summed E-state index contributed by atoms with van der Waals surface area (Å²) in [5.74, 6) is -1.97. The third-order valence-corrected chi connectivity index (χ3v) is 6.78. The number of amides is 1. The minimum atomic E-state index is -5.17. The Morgan fingerprint density at radius 3 is 2.43 bits per heavy atom. The number of anilines is 1. The van der Waals surface area contributed by atoms with Crippen LogP contribution in [0.3, 0.4) is 0 Å². The Labute approximate surface area is 171 Å². The molecule has 2 aromatic rings. The normalized spacial score (nSPS) is 18.0. The van der Waals surface area contributed by atoms with Crippen molar-refractivity contribution in [2.75, 3.05) is 18.4 Å². The minimum Gasteiger partial charge on any atom is -0.466 e. The van der Waals surface area contributed by atoms with Crippen molar-refractivity contribution in [1.29, 1.82) is 0 Å². The second-order valence-corrected chi connectivity index (χ2v) is 8.99. The molecule has 164 valence electrons. The van der Waals surface area contributed by atoms with E-state index in [1.165, 1.54) is 34.6 Å². The fourth-order valence-electron chi connectivity index (χ4n) is 3.27. The van der Waals surface area contributed by atoms with Gasteiger partial charge in [-0.15, -0.1) is 0 Å². The summed E-state index contributed by atoms with van der Waals surface area (Å²) in [4.78, 5) is 12.2. The van der Waals surface area contributed by atoms with Gasteiger partial charge in [0.15, 0.2) is 0 Å². The number of nitrogens with one attached hydrogen (secondary N) is 1. The second kappa shape index (κ2) is 8.40. The van der Waals surface area contributed by atoms with Gasteiger partial charge in [-0.1, -0.05) is 12.5 Å². The Balaban J connectivity index is 1.78. The maximum absolute atomic E-state index is 13.4. The van der Waals surface area contributed by atoms with Crippen molar-refractivity contribution < 1.29 is 35.9 Å². The van der Waals surface area contributed by atoms with Gasteiger partial charge in [0.05, 0.1) is 17.6 Å². The number of aliphatic hydroxyl groups is 1. The van der Waals surface area contributed by atoms with Crippen LogP contribution in [0, 0.1) is 0 Å². The quantitative estimate of drug-likeness (QED) is 0.710. The summed E-state index contributed by atoms with van der Waals surface area (Å²) in [7, 11) is -3.78. The molecular weight excluding hydrogens is 425 g/mol. The molecule has 1 aliphatic rings. The molecule has 7 nitrogen and oxygen atoms in total. The van der Waals surface area contributed by atoms with E-state index in [-0.39, 0.29) is 10.6 Å². The van der Waals surface area contributed by atoms with Gasteiger partial charge in [0.25, 0.3) is 0 Å². The third kappa shape index (κ3) is 4.52. The van der Waals surface area contributed by atoms with Gasteiger partial charge in [-0.25, -0.2) is 8.42 Å². The molecule has 1 fully saturated rings. The van der Waals surface area contributed by atoms with E-state index >= 15 is 0 Å². The second-order valence-electron chi connectivity index (χ2n) is 7.05. The van der Waals surface area contributed by atoms with Crippen molar-refractivity contribution in [3.63, 3.8) is 0 Å². The Bertz CT molecular complexity index is 986. The number of alkyl halides is 3. The number of rotatable bonds is 6. The predicted octanol–water partition coefficient (Wildman–Crippen LogP) is 3.23. The summed E-state index contributed by atoms with van der Waals surface area (Å²) >= 11 is 0. The minimum absolute atomic E-state index is 0.00190. The number of hydrogen-bond acceptors (Lipinski definition) is 5. The smallest absolute Gasteiger partial charge is 0.425 e. The fourth-order valence-corrected chi connectivity index (χ4v) is 4.83. The summed E-state index contributed by atoms with van der Waals surface area (Å²) in [5.41, 5.74) is -3.51. The molecule has 3 rings (SSSR count). The molecule has 1 aromatic carbocycles. The van der Waals surface area contributed by atoms with Gasteiger partial charge in [-0.2, -0.15) is 17.5 Å². The number of piperidine rings is 1. The van der Waals surface area contributed by atoms with Crippen LogP contribution in [0.15, 0.2) is 52.0 Å². The van der Waals surface area contributed by atoms with Crippen LogP contribution in [0.5, 0.6) is 0 Å². The van der Waals surface area contributed by atoms with Crippen molar-refractivity contribution >= 4 is 21.6 Å². The zero-order chi connectivity index (χ0) is 22.0. The highest BCUT2D eigenvalue weighted by atomic mass is 32.2. The molecule has 30 heavy (non-hydrogen) atoms. The van der Waals surface area contributed by atoms with Crippen LogP contribution in [0.2, 0.25) is 0 Å². The van der Waals surface area contributed by atoms with Crippen molar-refractivity contribution in [2.24, 2.45) is 0 Å². The highest BCUT2D eigenvalue weighted by Gasteiger charge is 2.58. The lowest BCUT2D eigenvalue weighted by Crippen LogP contribution is -2.44. The van der Waals surface area contributed by atoms with E-state index in [1.807, 2.05) is 0 Å². The van der Waals surface area contributed by atoms with E-state index in [1.54, 1.807) is 0 Å². The van der Waals surface area contributed by atoms with Crippen molar-refractivity contribution in [3.8, 4) is 0 Å². The Morgan fingerprint density at radius 1 is 1.13 bits per heavy atom. The summed E-state index contributed by atoms with van der Waals surface area (Å²) in [6, 6.07) is 7.36. The van der Waals surface area contributed by atoms with Crippen LogP contribution in [0.1, 0.15) is 31.4 Å². The lowest BCUT2D eigenvalue weighted by Gasteiger charge is -2.28. The van der Waals surface area contributed by atoms with E-state index in [4.69, 9.17) is 0 Å². The largest absolute Gasteiger partial charge is 0.466 e. The summed E-state index contributed by atoms with van der Waals surface area (Å²) in [5, 5.41) is 12.4. The third-order valence-electron chi connectivity index (χ3n) is 4.88. The topological polar surface area (TPSA) is 99.8 Å². The fraction of sp³-hybridized carbons (Fsp3) is 0.421. The van der Waals surface area contributed by atoms with Crippen molar-refractivity contribution in [3.05, 3.63) is 48.4 Å². The molecule has 2 heterocycles. The molecule has 1 aromatic heterocycles. The van der Waals surface area contributed by atoms with E-state index in [2.05, 4.69) is 9.73 Å². The van der Waals surface area contributed by atoms with Crippen molar-refractivity contribution in [1.82, 2.24) is 4.31 Å². The predicted molar refractivity (Wildman–Crippen MR) is 101 cm³/mol. The first-order valence-corrected chi connectivity index (χ1v) is 10.7. The average molecular weight is 446 g/mol. The highest BCUT2D eigenvalue weighted by Crippen LogP contribution is 2.42. The lowest BCUT2D eigenvalue weighted by atomic mass is 9.95. The standard InChI is InChI=1S/C19H21F3N2O5S/c20-19(21,22)18(26,16-8-5-11-29-16)13-17(25)23-14-6-4-7-15(12-14)30(27,28)24-9-2-1-3-10-24/h4-8,11-12,26H,1-3,9-10,13H2,(H,23,25)/t18-/m0/s1. The van der Waals surface area contributed by atoms with Crippen LogP contribution in [-0.4, -0.2) is 43.0 Å². The van der Waals surface area contributed by atoms with Crippen molar-refractivity contribution in [2.45, 2.75) is 42.4 Å². The van der Waals surface area contributed by atoms with E-state index in [9.17, 15) is 31.5 Å². The average Bonchev–Trinajstić information content (AvgIpc) is 3.23. The number of nitrogens with zero attached hydrogens (tertiary/aromatic N) is 1. The molecule has 2 N–H and O–H groups in total. The SMILES string of the molecule is O=C(C[C@](O)(c1ccco1)C(F)(F)F)Nc1cccc(S(=O)(=O)N2CCCCC2)c1. The number of carbonyl (C=O) groups is 1. The molecule has 0 bridgehead atoms. The molecule has 1 amide bonds. The molecule has 1 atom stereocenters. The summed E-state index contributed by atoms with van der Waals surface area (Å²) in [6.07, 6.45) is -3.12. The van der Waals surface area contributed by atoms with Gasteiger partial charge in [0.1, 0.15) is 5.76 Å². The highest BCUT2D eigenvalue weighted by molar-refractivity contribution is 7.89. The molecule has 1 saturated heterocycles. The number of benzene rings is 1. The first kappa shape index (κ1) is 22.3. The number of halogens is 3. The molecule has 0 saturated carbocycles. The summed E-state index contributed by atoms with van der Waals surface area (Å²) in [6.45, 7) is 0.779. The molecule has 0 aliphatic carbocycles. The van der Waals surface area contributed by atoms with E-state index in [0.29, 0.717) is 13.1 Å². The Morgan fingerprint density at radius 2 is 1.83 bits per heavy atom. The summed E-state index contributed by atoms with van der Waals surface area (Å²) < 4.78 is 71.8. The van der Waals surface area contributed by atoms with Crippen LogP contribution in [0.25, 0.3) is 0 Å². The maximum Gasteiger partial charge on any atom is 0.425 e. The van der Waals surface area contributed by atoms with E-state index in [0.717, 1.165) is 31.6 Å². The molecular formula is C19H21F3N2O5S. The van der Waals surface area contributed by atoms with Gasteiger partial charge in [0.2, 0.25) is 21.5 Å². The first-order valence-electron chi connectivity index (χ1n) is 9.27. The molecule has 0 unspecified atom stereocenters. The van der Waals surface area contributed by atoms with Gasteiger partial charge in [0, 0.05) is 18.8 Å². The van der Waals surface area contributed by atoms with Crippen LogP contribution in [-0.2, 0) is 20.4 Å². The van der Waals surface area contributed by atoms with Crippen LogP contribution in [0.4, 0.5) is 18.9 Å². The molecule has 11 heteroatoms. The number of hydrogen-bond donors (Lipinski definition) is 2. The van der Waals surface area contributed by atoms with Crippen LogP contribution < -0.4 is 5.32 Å². The number of sulfonamides is 1.